The number of rotatable bonds is 5. The Balaban J connectivity index is 2.19. The zero-order chi connectivity index (χ0) is 11.3. The third kappa shape index (κ3) is 4.01. The minimum Gasteiger partial charge on any atom is -0.305 e. The molecule has 15 heavy (non-hydrogen) atoms. The molecular formula is C12H20N2O. The highest BCUT2D eigenvalue weighted by molar-refractivity contribution is 5.82. The normalized spacial score (nSPS) is 23.1. The summed E-state index contributed by atoms with van der Waals surface area (Å²) in [6.45, 7) is 3.66. The average Bonchev–Trinajstić information content (AvgIpc) is 2.61. The molecule has 0 aromatic heterocycles. The zero-order valence-electron chi connectivity index (χ0n) is 9.70. The molecule has 0 spiro atoms. The van der Waals surface area contributed by atoms with E-state index in [4.69, 9.17) is 5.26 Å². The molecule has 3 heteroatoms. The quantitative estimate of drug-likeness (QED) is 0.692. The van der Waals surface area contributed by atoms with Gasteiger partial charge in [-0.05, 0) is 39.8 Å². The van der Waals surface area contributed by atoms with Crippen molar-refractivity contribution in [3.05, 3.63) is 0 Å². The lowest BCUT2D eigenvalue weighted by atomic mass is 10.0. The van der Waals surface area contributed by atoms with Crippen molar-refractivity contribution in [2.24, 2.45) is 11.8 Å². The maximum absolute atomic E-state index is 11.4. The van der Waals surface area contributed by atoms with Gasteiger partial charge >= 0.3 is 0 Å². The second-order valence-corrected chi connectivity index (χ2v) is 4.64. The molecule has 0 radical (unpaired) electrons. The van der Waals surface area contributed by atoms with Gasteiger partial charge in [0.15, 0.2) is 0 Å². The van der Waals surface area contributed by atoms with Gasteiger partial charge in [-0.3, -0.25) is 4.79 Å². The Labute approximate surface area is 92.1 Å². The summed E-state index contributed by atoms with van der Waals surface area (Å²) in [6.07, 6.45) is 3.89. The second-order valence-electron chi connectivity index (χ2n) is 4.64. The van der Waals surface area contributed by atoms with Crippen LogP contribution < -0.4 is 0 Å². The number of hydrogen-bond donors (Lipinski definition) is 0. The highest BCUT2D eigenvalue weighted by atomic mass is 16.1. The second kappa shape index (κ2) is 5.87. The average molecular weight is 208 g/mol. The van der Waals surface area contributed by atoms with Crippen LogP contribution in [0.5, 0.6) is 0 Å². The van der Waals surface area contributed by atoms with Gasteiger partial charge in [-0.1, -0.05) is 0 Å². The number of nitriles is 1. The van der Waals surface area contributed by atoms with Crippen molar-refractivity contribution < 1.29 is 4.79 Å². The van der Waals surface area contributed by atoms with Crippen LogP contribution in [0.15, 0.2) is 0 Å². The molecule has 0 N–H and O–H groups in total. The molecule has 1 saturated carbocycles. The van der Waals surface area contributed by atoms with Crippen LogP contribution in [0.4, 0.5) is 0 Å². The summed E-state index contributed by atoms with van der Waals surface area (Å²) in [5.41, 5.74) is 0. The molecule has 0 heterocycles. The molecule has 0 amide bonds. The summed E-state index contributed by atoms with van der Waals surface area (Å²) in [7, 11) is 2.02. The van der Waals surface area contributed by atoms with E-state index in [-0.39, 0.29) is 5.92 Å². The number of carbonyl (C=O) groups excluding carboxylic acids is 1. The first kappa shape index (κ1) is 12.2. The van der Waals surface area contributed by atoms with Gasteiger partial charge in [0.25, 0.3) is 0 Å². The van der Waals surface area contributed by atoms with Crippen LogP contribution in [0, 0.1) is 23.2 Å². The number of ketones is 1. The number of Topliss-reactive ketones (excluding diaryl/α,β-unsaturated/α-hetero) is 1. The van der Waals surface area contributed by atoms with E-state index in [9.17, 15) is 4.79 Å². The van der Waals surface area contributed by atoms with Crippen molar-refractivity contribution in [1.29, 1.82) is 5.26 Å². The fraction of sp³-hybridized carbons (Fsp3) is 0.833. The van der Waals surface area contributed by atoms with E-state index in [0.717, 1.165) is 38.8 Å². The van der Waals surface area contributed by atoms with E-state index in [2.05, 4.69) is 11.0 Å². The molecule has 0 aromatic rings. The first-order valence-corrected chi connectivity index (χ1v) is 5.74. The molecule has 84 valence electrons. The van der Waals surface area contributed by atoms with E-state index in [0.29, 0.717) is 11.7 Å². The Hall–Kier alpha value is -0.880. The molecule has 0 aromatic carbocycles. The number of hydrogen-bond acceptors (Lipinski definition) is 3. The Morgan fingerprint density at radius 2 is 2.40 bits per heavy atom. The summed E-state index contributed by atoms with van der Waals surface area (Å²) in [6, 6.07) is 2.22. The van der Waals surface area contributed by atoms with Gasteiger partial charge in [0, 0.05) is 18.9 Å². The SMILES string of the molecule is CC(C#N)CN(C)CCC1CCCC1=O. The lowest BCUT2D eigenvalue weighted by Gasteiger charge is -2.19. The topological polar surface area (TPSA) is 44.1 Å². The van der Waals surface area contributed by atoms with Gasteiger partial charge in [-0.15, -0.1) is 0 Å². The Kier molecular flexibility index (Phi) is 4.77. The third-order valence-electron chi connectivity index (χ3n) is 3.10. The summed E-state index contributed by atoms with van der Waals surface area (Å²) in [4.78, 5) is 13.5. The highest BCUT2D eigenvalue weighted by Crippen LogP contribution is 2.24. The van der Waals surface area contributed by atoms with Crippen LogP contribution in [-0.2, 0) is 4.79 Å². The standard InChI is InChI=1S/C12H20N2O/c1-10(8-13)9-14(2)7-6-11-4-3-5-12(11)15/h10-11H,3-7,9H2,1-2H3. The van der Waals surface area contributed by atoms with Crippen molar-refractivity contribution >= 4 is 5.78 Å². The van der Waals surface area contributed by atoms with Crippen LogP contribution >= 0.6 is 0 Å². The molecule has 0 bridgehead atoms. The largest absolute Gasteiger partial charge is 0.305 e. The zero-order valence-corrected chi connectivity index (χ0v) is 9.70. The molecule has 2 atom stereocenters. The van der Waals surface area contributed by atoms with Crippen LogP contribution in [-0.4, -0.2) is 30.8 Å². The fourth-order valence-corrected chi connectivity index (χ4v) is 2.17. The minimum absolute atomic E-state index is 0.0780. The lowest BCUT2D eigenvalue weighted by Crippen LogP contribution is -2.27. The summed E-state index contributed by atoms with van der Waals surface area (Å²) in [5, 5.41) is 8.67. The molecule has 0 saturated heterocycles. The maximum Gasteiger partial charge on any atom is 0.136 e. The van der Waals surface area contributed by atoms with Gasteiger partial charge in [-0.2, -0.15) is 5.26 Å². The minimum atomic E-state index is 0.0780. The summed E-state index contributed by atoms with van der Waals surface area (Å²) >= 11 is 0. The van der Waals surface area contributed by atoms with E-state index in [1.165, 1.54) is 0 Å². The molecule has 1 rings (SSSR count). The molecule has 0 aliphatic heterocycles. The van der Waals surface area contributed by atoms with Gasteiger partial charge in [0.1, 0.15) is 5.78 Å². The monoisotopic (exact) mass is 208 g/mol. The number of carbonyl (C=O) groups is 1. The highest BCUT2D eigenvalue weighted by Gasteiger charge is 2.24. The first-order chi connectivity index (χ1) is 7.13. The third-order valence-corrected chi connectivity index (χ3v) is 3.10. The van der Waals surface area contributed by atoms with Crippen LogP contribution in [0.3, 0.4) is 0 Å². The van der Waals surface area contributed by atoms with Gasteiger partial charge < -0.3 is 4.90 Å². The van der Waals surface area contributed by atoms with Gasteiger partial charge in [-0.25, -0.2) is 0 Å². The molecular weight excluding hydrogens is 188 g/mol. The van der Waals surface area contributed by atoms with E-state index in [1.54, 1.807) is 0 Å². The fourth-order valence-electron chi connectivity index (χ4n) is 2.17. The van der Waals surface area contributed by atoms with E-state index < -0.39 is 0 Å². The van der Waals surface area contributed by atoms with Crippen LogP contribution in [0.25, 0.3) is 0 Å². The molecule has 3 nitrogen and oxygen atoms in total. The summed E-state index contributed by atoms with van der Waals surface area (Å²) in [5.74, 6) is 0.816. The van der Waals surface area contributed by atoms with E-state index >= 15 is 0 Å². The lowest BCUT2D eigenvalue weighted by molar-refractivity contribution is -0.120. The molecule has 1 aliphatic rings. The van der Waals surface area contributed by atoms with Crippen molar-refractivity contribution in [2.45, 2.75) is 32.6 Å². The Morgan fingerprint density at radius 3 is 2.93 bits per heavy atom. The smallest absolute Gasteiger partial charge is 0.136 e. The molecule has 1 aliphatic carbocycles. The van der Waals surface area contributed by atoms with Crippen molar-refractivity contribution in [3.8, 4) is 6.07 Å². The Morgan fingerprint density at radius 1 is 1.67 bits per heavy atom. The number of nitrogens with zero attached hydrogens (tertiary/aromatic N) is 2. The van der Waals surface area contributed by atoms with Crippen molar-refractivity contribution in [1.82, 2.24) is 4.90 Å². The van der Waals surface area contributed by atoms with E-state index in [1.807, 2.05) is 14.0 Å². The summed E-state index contributed by atoms with van der Waals surface area (Å²) < 4.78 is 0. The van der Waals surface area contributed by atoms with Crippen LogP contribution in [0.2, 0.25) is 0 Å². The predicted molar refractivity (Wildman–Crippen MR) is 59.2 cm³/mol. The van der Waals surface area contributed by atoms with Crippen molar-refractivity contribution in [3.63, 3.8) is 0 Å². The van der Waals surface area contributed by atoms with Crippen molar-refractivity contribution in [2.75, 3.05) is 20.1 Å². The molecule has 2 unspecified atom stereocenters. The maximum atomic E-state index is 11.4. The van der Waals surface area contributed by atoms with Gasteiger partial charge in [0.2, 0.25) is 0 Å². The Bertz CT molecular complexity index is 257. The predicted octanol–water partition coefficient (Wildman–Crippen LogP) is 1.84. The molecule has 1 fully saturated rings. The first-order valence-electron chi connectivity index (χ1n) is 5.74. The van der Waals surface area contributed by atoms with Crippen LogP contribution in [0.1, 0.15) is 32.6 Å². The van der Waals surface area contributed by atoms with Gasteiger partial charge in [0.05, 0.1) is 12.0 Å².